The van der Waals surface area contributed by atoms with Gasteiger partial charge in [0, 0.05) is 18.7 Å². The summed E-state index contributed by atoms with van der Waals surface area (Å²) in [6, 6.07) is 12.7. The first-order valence-corrected chi connectivity index (χ1v) is 13.2. The van der Waals surface area contributed by atoms with E-state index in [0.29, 0.717) is 41.2 Å². The van der Waals surface area contributed by atoms with Crippen LogP contribution in [0.3, 0.4) is 0 Å². The zero-order chi connectivity index (χ0) is 23.0. The fourth-order valence-corrected chi connectivity index (χ4v) is 6.09. The molecule has 0 unspecified atom stereocenters. The quantitative estimate of drug-likeness (QED) is 0.344. The summed E-state index contributed by atoms with van der Waals surface area (Å²) in [7, 11) is -3.53. The molecule has 8 nitrogen and oxygen atoms in total. The van der Waals surface area contributed by atoms with E-state index in [1.807, 2.05) is 38.1 Å². The van der Waals surface area contributed by atoms with Crippen LogP contribution in [0.5, 0.6) is 0 Å². The Morgan fingerprint density at radius 2 is 1.76 bits per heavy atom. The number of rotatable bonds is 6. The Kier molecular flexibility index (Phi) is 5.98. The van der Waals surface area contributed by atoms with Gasteiger partial charge >= 0.3 is 0 Å². The summed E-state index contributed by atoms with van der Waals surface area (Å²) in [5, 5.41) is 8.55. The van der Waals surface area contributed by atoms with Crippen molar-refractivity contribution in [3.05, 3.63) is 53.9 Å². The number of sulfonamides is 1. The van der Waals surface area contributed by atoms with Crippen LogP contribution in [0.1, 0.15) is 42.9 Å². The van der Waals surface area contributed by atoms with Gasteiger partial charge in [-0.1, -0.05) is 35.9 Å². The standard InChI is InChI=1S/C23H24N4O4S2/c1-15-6-8-17(9-7-15)22-26-25-21(31-22)16(2)32-23-24-19-14-18(10-11-20(19)30-23)33(28,29)27-12-4-3-5-13-27/h6-11,14,16H,3-5,12-13H2,1-2H3/t16-/m1/s1. The van der Waals surface area contributed by atoms with Gasteiger partial charge in [-0.25, -0.2) is 13.4 Å². The highest BCUT2D eigenvalue weighted by Gasteiger charge is 2.27. The Hall–Kier alpha value is -2.69. The van der Waals surface area contributed by atoms with Crippen LogP contribution in [0.15, 0.2) is 61.4 Å². The Labute approximate surface area is 196 Å². The molecule has 1 aliphatic rings. The number of hydrogen-bond donors (Lipinski definition) is 0. The Morgan fingerprint density at radius 1 is 1.00 bits per heavy atom. The molecular weight excluding hydrogens is 460 g/mol. The monoisotopic (exact) mass is 484 g/mol. The Morgan fingerprint density at radius 3 is 2.52 bits per heavy atom. The van der Waals surface area contributed by atoms with E-state index in [9.17, 15) is 8.42 Å². The average Bonchev–Trinajstić information content (AvgIpc) is 3.46. The van der Waals surface area contributed by atoms with Crippen LogP contribution in [-0.4, -0.2) is 41.0 Å². The van der Waals surface area contributed by atoms with Crippen molar-refractivity contribution in [3.8, 4) is 11.5 Å². The van der Waals surface area contributed by atoms with Crippen LogP contribution in [0, 0.1) is 6.92 Å². The van der Waals surface area contributed by atoms with Gasteiger partial charge in [-0.05, 0) is 57.0 Å². The second kappa shape index (κ2) is 8.92. The normalized spacial score (nSPS) is 16.3. The summed E-state index contributed by atoms with van der Waals surface area (Å²) in [6.07, 6.45) is 2.86. The van der Waals surface area contributed by atoms with Crippen LogP contribution in [0.25, 0.3) is 22.6 Å². The molecule has 1 atom stereocenters. The molecule has 2 aromatic carbocycles. The number of piperidine rings is 1. The smallest absolute Gasteiger partial charge is 0.257 e. The van der Waals surface area contributed by atoms with Crippen molar-refractivity contribution >= 4 is 32.9 Å². The zero-order valence-corrected chi connectivity index (χ0v) is 20.0. The largest absolute Gasteiger partial charge is 0.431 e. The van der Waals surface area contributed by atoms with Crippen molar-refractivity contribution in [2.45, 2.75) is 48.5 Å². The molecule has 0 spiro atoms. The molecule has 33 heavy (non-hydrogen) atoms. The highest BCUT2D eigenvalue weighted by atomic mass is 32.2. The summed E-state index contributed by atoms with van der Waals surface area (Å²) in [6.45, 7) is 5.07. The SMILES string of the molecule is Cc1ccc(-c2nnc([C@@H](C)Sc3nc4cc(S(=O)(=O)N5CCCCC5)ccc4o3)o2)cc1. The van der Waals surface area contributed by atoms with Crippen molar-refractivity contribution < 1.29 is 17.3 Å². The molecule has 0 saturated carbocycles. The summed E-state index contributed by atoms with van der Waals surface area (Å²) < 4.78 is 39.2. The molecule has 1 saturated heterocycles. The van der Waals surface area contributed by atoms with E-state index in [2.05, 4.69) is 15.2 Å². The number of thioether (sulfide) groups is 1. The third kappa shape index (κ3) is 4.55. The molecule has 0 aliphatic carbocycles. The van der Waals surface area contributed by atoms with Gasteiger partial charge < -0.3 is 8.83 Å². The summed E-state index contributed by atoms with van der Waals surface area (Å²) in [5.41, 5.74) is 3.06. The highest BCUT2D eigenvalue weighted by molar-refractivity contribution is 7.99. The summed E-state index contributed by atoms with van der Waals surface area (Å²) in [5.74, 6) is 0.925. The minimum atomic E-state index is -3.53. The van der Waals surface area contributed by atoms with Crippen molar-refractivity contribution in [1.82, 2.24) is 19.5 Å². The van der Waals surface area contributed by atoms with Crippen LogP contribution < -0.4 is 0 Å². The predicted octanol–water partition coefficient (Wildman–Crippen LogP) is 5.21. The van der Waals surface area contributed by atoms with Crippen molar-refractivity contribution in [3.63, 3.8) is 0 Å². The van der Waals surface area contributed by atoms with Crippen molar-refractivity contribution in [2.24, 2.45) is 0 Å². The molecule has 172 valence electrons. The van der Waals surface area contributed by atoms with Gasteiger partial charge in [0.15, 0.2) is 5.58 Å². The molecule has 3 heterocycles. The zero-order valence-electron chi connectivity index (χ0n) is 18.4. The van der Waals surface area contributed by atoms with E-state index in [1.54, 1.807) is 22.5 Å². The van der Waals surface area contributed by atoms with Crippen LogP contribution in [0.2, 0.25) is 0 Å². The first kappa shape index (κ1) is 22.1. The van der Waals surface area contributed by atoms with E-state index >= 15 is 0 Å². The molecule has 1 aliphatic heterocycles. The lowest BCUT2D eigenvalue weighted by Gasteiger charge is -2.25. The lowest BCUT2D eigenvalue weighted by Crippen LogP contribution is -2.35. The predicted molar refractivity (Wildman–Crippen MR) is 125 cm³/mol. The van der Waals surface area contributed by atoms with E-state index in [4.69, 9.17) is 8.83 Å². The van der Waals surface area contributed by atoms with Crippen molar-refractivity contribution in [1.29, 1.82) is 0 Å². The average molecular weight is 485 g/mol. The lowest BCUT2D eigenvalue weighted by atomic mass is 10.1. The van der Waals surface area contributed by atoms with Gasteiger partial charge in [-0.2, -0.15) is 4.31 Å². The maximum atomic E-state index is 13.0. The molecule has 4 aromatic rings. The first-order valence-electron chi connectivity index (χ1n) is 10.9. The maximum Gasteiger partial charge on any atom is 0.257 e. The van der Waals surface area contributed by atoms with E-state index in [-0.39, 0.29) is 10.1 Å². The second-order valence-electron chi connectivity index (χ2n) is 8.15. The van der Waals surface area contributed by atoms with Gasteiger partial charge in [-0.15, -0.1) is 10.2 Å². The molecule has 0 N–H and O–H groups in total. The lowest BCUT2D eigenvalue weighted by molar-refractivity contribution is 0.346. The Bertz CT molecular complexity index is 1370. The molecule has 2 aromatic heterocycles. The number of oxazole rings is 1. The molecule has 0 amide bonds. The number of aromatic nitrogens is 3. The topological polar surface area (TPSA) is 102 Å². The van der Waals surface area contributed by atoms with E-state index < -0.39 is 10.0 Å². The van der Waals surface area contributed by atoms with Gasteiger partial charge in [-0.3, -0.25) is 0 Å². The van der Waals surface area contributed by atoms with Gasteiger partial charge in [0.1, 0.15) is 5.52 Å². The third-order valence-electron chi connectivity index (χ3n) is 5.66. The first-order chi connectivity index (χ1) is 15.9. The fourth-order valence-electron chi connectivity index (χ4n) is 3.76. The summed E-state index contributed by atoms with van der Waals surface area (Å²) in [4.78, 5) is 4.74. The minimum Gasteiger partial charge on any atom is -0.431 e. The molecule has 0 bridgehead atoms. The maximum absolute atomic E-state index is 13.0. The van der Waals surface area contributed by atoms with Crippen LogP contribution >= 0.6 is 11.8 Å². The van der Waals surface area contributed by atoms with Gasteiger partial charge in [0.05, 0.1) is 10.1 Å². The molecular formula is C23H24N4O4S2. The number of benzene rings is 2. The number of aryl methyl sites for hydroxylation is 1. The van der Waals surface area contributed by atoms with Crippen LogP contribution in [-0.2, 0) is 10.0 Å². The number of nitrogens with zero attached hydrogens (tertiary/aromatic N) is 4. The third-order valence-corrected chi connectivity index (χ3v) is 8.48. The second-order valence-corrected chi connectivity index (χ2v) is 11.4. The van der Waals surface area contributed by atoms with Gasteiger partial charge in [0.2, 0.25) is 21.8 Å². The van der Waals surface area contributed by atoms with E-state index in [1.165, 1.54) is 11.8 Å². The fraction of sp³-hybridized carbons (Fsp3) is 0.348. The van der Waals surface area contributed by atoms with Crippen molar-refractivity contribution in [2.75, 3.05) is 13.1 Å². The Balaban J connectivity index is 1.34. The van der Waals surface area contributed by atoms with Gasteiger partial charge in [0.25, 0.3) is 5.22 Å². The van der Waals surface area contributed by atoms with E-state index in [0.717, 1.165) is 30.4 Å². The highest BCUT2D eigenvalue weighted by Crippen LogP contribution is 2.36. The molecule has 5 rings (SSSR count). The number of fused-ring (bicyclic) bond motifs is 1. The molecule has 10 heteroatoms. The minimum absolute atomic E-state index is 0.193. The summed E-state index contributed by atoms with van der Waals surface area (Å²) >= 11 is 1.34. The molecule has 1 fully saturated rings. The van der Waals surface area contributed by atoms with Crippen LogP contribution in [0.4, 0.5) is 0 Å². The number of hydrogen-bond acceptors (Lipinski definition) is 8. The molecule has 0 radical (unpaired) electrons.